The molecule has 0 saturated carbocycles. The largest absolute Gasteiger partial charge is 0.329 e. The zero-order valence-corrected chi connectivity index (χ0v) is 21.3. The van der Waals surface area contributed by atoms with Crippen molar-refractivity contribution in [3.8, 4) is 0 Å². The fourth-order valence-corrected chi connectivity index (χ4v) is 4.30. The van der Waals surface area contributed by atoms with Crippen LogP contribution >= 0.6 is 30.7 Å². The van der Waals surface area contributed by atoms with Crippen molar-refractivity contribution in [2.45, 2.75) is 34.7 Å². The van der Waals surface area contributed by atoms with Gasteiger partial charge in [-0.1, -0.05) is 73.9 Å². The van der Waals surface area contributed by atoms with E-state index in [1.807, 2.05) is 0 Å². The summed E-state index contributed by atoms with van der Waals surface area (Å²) < 4.78 is 193. The van der Waals surface area contributed by atoms with E-state index in [9.17, 15) is 58.3 Å². The van der Waals surface area contributed by atoms with Crippen molar-refractivity contribution in [3.05, 3.63) is 18.6 Å². The van der Waals surface area contributed by atoms with Crippen LogP contribution in [-0.4, -0.2) is 69.5 Å². The first kappa shape index (κ1) is 31.9. The van der Waals surface area contributed by atoms with Gasteiger partial charge in [-0.3, -0.25) is 4.90 Å². The Kier molecular flexibility index (Phi) is 5.91. The Balaban J connectivity index is 1.76. The van der Waals surface area contributed by atoms with E-state index in [1.54, 1.807) is 0 Å². The molecule has 0 saturated heterocycles. The minimum absolute atomic E-state index is 0.156. The molecule has 0 bridgehead atoms. The fraction of sp³-hybridized carbons (Fsp3) is 0.500. The minimum Gasteiger partial charge on any atom is -0.298 e. The van der Waals surface area contributed by atoms with Crippen molar-refractivity contribution in [1.29, 1.82) is 0 Å². The highest BCUT2D eigenvalue weighted by atomic mass is 32.5. The lowest BCUT2D eigenvalue weighted by molar-refractivity contribution is 0.231. The van der Waals surface area contributed by atoms with Crippen LogP contribution in [0.15, 0.2) is 33.7 Å². The summed E-state index contributed by atoms with van der Waals surface area (Å²) in [5.41, 5.74) is 0. The fourth-order valence-electron chi connectivity index (χ4n) is 2.77. The van der Waals surface area contributed by atoms with Gasteiger partial charge in [0.15, 0.2) is 0 Å². The number of halogens is 15. The third-order valence-electron chi connectivity index (χ3n) is 4.67. The van der Waals surface area contributed by atoms with Crippen LogP contribution in [0, 0.1) is 0 Å². The summed E-state index contributed by atoms with van der Waals surface area (Å²) in [6.07, 6.45) is -0.469. The van der Waals surface area contributed by atoms with Gasteiger partial charge in [0.2, 0.25) is 15.1 Å². The van der Waals surface area contributed by atoms with Gasteiger partial charge in [0.1, 0.15) is 0 Å². The van der Waals surface area contributed by atoms with E-state index in [0.29, 0.717) is 14.0 Å². The predicted molar refractivity (Wildman–Crippen MR) is 111 cm³/mol. The van der Waals surface area contributed by atoms with Gasteiger partial charge in [-0.25, -0.2) is 14.0 Å². The van der Waals surface area contributed by atoms with Gasteiger partial charge in [-0.05, 0) is 0 Å². The van der Waals surface area contributed by atoms with Crippen molar-refractivity contribution >= 4 is 30.7 Å². The van der Waals surface area contributed by atoms with Gasteiger partial charge < -0.3 is 0 Å². The summed E-state index contributed by atoms with van der Waals surface area (Å²) in [6, 6.07) is 0. The first-order chi connectivity index (χ1) is 17.2. The molecule has 0 spiro atoms. The van der Waals surface area contributed by atoms with Gasteiger partial charge in [0.05, 0.1) is 38.2 Å². The Morgan fingerprint density at radius 3 is 0.850 bits per heavy atom. The summed E-state index contributed by atoms with van der Waals surface area (Å²) in [7, 11) is -30.6. The lowest BCUT2D eigenvalue weighted by Crippen LogP contribution is -2.34. The van der Waals surface area contributed by atoms with Gasteiger partial charge in [0, 0.05) is 19.6 Å². The average molecular weight is 680 g/mol. The summed E-state index contributed by atoms with van der Waals surface area (Å²) >= 11 is 0. The second-order valence-corrected chi connectivity index (χ2v) is 15.3. The van der Waals surface area contributed by atoms with Gasteiger partial charge in [0.25, 0.3) is 0 Å². The molecule has 40 heavy (non-hydrogen) atoms. The molecule has 0 aliphatic carbocycles. The van der Waals surface area contributed by atoms with Crippen LogP contribution < -0.4 is 0 Å². The molecular formula is C12H15F15N10S3. The maximum Gasteiger partial charge on any atom is 0.329 e. The zero-order chi connectivity index (χ0) is 30.9. The van der Waals surface area contributed by atoms with Gasteiger partial charge in [-0.15, -0.1) is 15.3 Å². The highest BCUT2D eigenvalue weighted by Gasteiger charge is 2.69. The molecule has 0 unspecified atom stereocenters. The lowest BCUT2D eigenvalue weighted by Gasteiger charge is -2.37. The highest BCUT2D eigenvalue weighted by Crippen LogP contribution is 3.03. The molecule has 0 radical (unpaired) electrons. The van der Waals surface area contributed by atoms with E-state index in [0.717, 1.165) is 4.90 Å². The van der Waals surface area contributed by atoms with Crippen molar-refractivity contribution in [1.82, 2.24) is 49.9 Å². The highest BCUT2D eigenvalue weighted by molar-refractivity contribution is 8.46. The molecule has 3 heterocycles. The van der Waals surface area contributed by atoms with E-state index < -0.39 is 85.0 Å². The van der Waals surface area contributed by atoms with Crippen LogP contribution in [0.3, 0.4) is 0 Å². The van der Waals surface area contributed by atoms with Crippen LogP contribution in [0.1, 0.15) is 0 Å². The third kappa shape index (κ3) is 8.69. The molecule has 0 amide bonds. The Labute approximate surface area is 212 Å². The number of hydrogen-bond acceptors (Lipinski definition) is 7. The van der Waals surface area contributed by atoms with Gasteiger partial charge >= 0.3 is 30.7 Å². The number of rotatable bonds is 12. The van der Waals surface area contributed by atoms with Crippen LogP contribution in [-0.2, 0) is 19.6 Å². The molecule has 0 aromatic carbocycles. The first-order valence-corrected chi connectivity index (χ1v) is 15.7. The predicted octanol–water partition coefficient (Wildman–Crippen LogP) is 7.14. The third-order valence-corrected chi connectivity index (χ3v) is 7.61. The molecule has 3 aromatic heterocycles. The summed E-state index contributed by atoms with van der Waals surface area (Å²) in [5.74, 6) is 0. The van der Waals surface area contributed by atoms with Crippen molar-refractivity contribution < 1.29 is 58.3 Å². The first-order valence-electron chi connectivity index (χ1n) is 9.84. The van der Waals surface area contributed by atoms with E-state index in [-0.39, 0.29) is 18.6 Å². The summed E-state index contributed by atoms with van der Waals surface area (Å²) in [6.45, 7) is -3.51. The molecule has 28 heteroatoms. The van der Waals surface area contributed by atoms with Crippen LogP contribution in [0.2, 0.25) is 0 Å². The van der Waals surface area contributed by atoms with Crippen molar-refractivity contribution in [2.75, 3.05) is 19.6 Å². The van der Waals surface area contributed by atoms with E-state index >= 15 is 0 Å². The zero-order valence-electron chi connectivity index (χ0n) is 18.8. The number of hydrogen-bond donors (Lipinski definition) is 0. The molecule has 3 aromatic rings. The molecule has 0 aliphatic heterocycles. The molecule has 236 valence electrons. The van der Waals surface area contributed by atoms with E-state index in [2.05, 4.69) is 30.9 Å². The standard InChI is InChI=1S/C12H15F15N10S3/c13-38(14,15,16,17)10-7-35(31-28-10)4-1-34(2-5-36-8-11(29-32-36)39(18,19,20,21)22)3-6-37-9-12(30-33-37)40(23,24,25,26)27/h7-9H,1-6H2. The minimum atomic E-state index is -10.2. The summed E-state index contributed by atoms with van der Waals surface area (Å²) in [4.78, 5) is 1.04. The topological polar surface area (TPSA) is 95.4 Å². The molecule has 0 N–H and O–H groups in total. The SMILES string of the molecule is FS(F)(F)(F)(F)c1cn(CCN(CCn2cc(S(F)(F)(F)(F)F)nn2)CCn2cc(S(F)(F)(F)(F)F)nn2)nn1. The van der Waals surface area contributed by atoms with Gasteiger partial charge in [-0.2, -0.15) is 0 Å². The van der Waals surface area contributed by atoms with Crippen LogP contribution in [0.4, 0.5) is 58.3 Å². The van der Waals surface area contributed by atoms with E-state index in [4.69, 9.17) is 0 Å². The van der Waals surface area contributed by atoms with E-state index in [1.165, 1.54) is 0 Å². The molecule has 3 rings (SSSR count). The Bertz CT molecular complexity index is 1230. The number of nitrogens with zero attached hydrogens (tertiary/aromatic N) is 10. The smallest absolute Gasteiger partial charge is 0.298 e. The van der Waals surface area contributed by atoms with Crippen LogP contribution in [0.25, 0.3) is 0 Å². The molecule has 0 aliphatic rings. The van der Waals surface area contributed by atoms with Crippen molar-refractivity contribution in [3.63, 3.8) is 0 Å². The Hall–Kier alpha value is -2.62. The van der Waals surface area contributed by atoms with Crippen LogP contribution in [0.5, 0.6) is 0 Å². The second-order valence-electron chi connectivity index (χ2n) is 8.21. The summed E-state index contributed by atoms with van der Waals surface area (Å²) in [5, 5.41) is 7.91. The normalized spacial score (nSPS) is 18.9. The van der Waals surface area contributed by atoms with Crippen molar-refractivity contribution in [2.24, 2.45) is 0 Å². The molecular weight excluding hydrogens is 665 g/mol. The monoisotopic (exact) mass is 680 g/mol. The maximum atomic E-state index is 12.8. The quantitative estimate of drug-likeness (QED) is 0.188. The Morgan fingerprint density at radius 2 is 0.675 bits per heavy atom. The Morgan fingerprint density at radius 1 is 0.450 bits per heavy atom. The number of aromatic nitrogens is 9. The maximum absolute atomic E-state index is 12.8. The molecule has 0 atom stereocenters. The molecule has 10 nitrogen and oxygen atoms in total. The second kappa shape index (κ2) is 7.41. The molecule has 0 fully saturated rings. The lowest BCUT2D eigenvalue weighted by atomic mass is 10.4. The average Bonchev–Trinajstić information content (AvgIpc) is 3.42.